The molecule has 9 nitrogen and oxygen atoms in total. The lowest BCUT2D eigenvalue weighted by molar-refractivity contribution is 0.102. The number of likely N-dealkylation sites (tertiary alicyclic amines) is 1. The molecule has 2 aliphatic rings. The number of phenolic OH excluding ortho intramolecular Hbond substituents is 1. The number of nitrogens with zero attached hydrogens (tertiary/aromatic N) is 5. The molecule has 0 aliphatic carbocycles. The van der Waals surface area contributed by atoms with Gasteiger partial charge in [-0.3, -0.25) is 4.79 Å². The van der Waals surface area contributed by atoms with E-state index in [1.807, 2.05) is 28.0 Å². The van der Waals surface area contributed by atoms with Gasteiger partial charge in [0, 0.05) is 62.5 Å². The largest absolute Gasteiger partial charge is 0.505 e. The first kappa shape index (κ1) is 25.6. The molecule has 5 rings (SSSR count). The van der Waals surface area contributed by atoms with E-state index in [0.29, 0.717) is 37.6 Å². The first-order valence-corrected chi connectivity index (χ1v) is 13.7. The zero-order valence-corrected chi connectivity index (χ0v) is 22.3. The van der Waals surface area contributed by atoms with E-state index >= 15 is 0 Å². The Morgan fingerprint density at radius 3 is 2.32 bits per heavy atom. The molecule has 4 heterocycles. The van der Waals surface area contributed by atoms with Crippen molar-refractivity contribution in [2.45, 2.75) is 18.8 Å². The molecular weight excluding hydrogens is 535 g/mol. The summed E-state index contributed by atoms with van der Waals surface area (Å²) in [4.78, 5) is 40.8. The zero-order chi connectivity index (χ0) is 25.9. The zero-order valence-electron chi connectivity index (χ0n) is 19.9. The number of phenols is 1. The third-order valence-corrected chi connectivity index (χ3v) is 8.25. The average Bonchev–Trinajstić information content (AvgIpc) is 3.43. The van der Waals surface area contributed by atoms with Crippen molar-refractivity contribution in [2.24, 2.45) is 0 Å². The van der Waals surface area contributed by atoms with Crippen LogP contribution in [0.15, 0.2) is 41.9 Å². The first-order valence-electron chi connectivity index (χ1n) is 12.0. The molecule has 2 aliphatic heterocycles. The van der Waals surface area contributed by atoms with Crippen molar-refractivity contribution in [2.75, 3.05) is 49.5 Å². The normalized spacial score (nSPS) is 16.6. The van der Waals surface area contributed by atoms with Gasteiger partial charge in [0.25, 0.3) is 5.91 Å². The van der Waals surface area contributed by atoms with E-state index < -0.39 is 0 Å². The fourth-order valence-corrected chi connectivity index (χ4v) is 6.06. The van der Waals surface area contributed by atoms with Crippen molar-refractivity contribution in [3.8, 4) is 5.75 Å². The smallest absolute Gasteiger partial charge is 0.320 e. The summed E-state index contributed by atoms with van der Waals surface area (Å²) in [6.45, 7) is 4.22. The number of rotatable bonds is 4. The predicted octanol–water partition coefficient (Wildman–Crippen LogP) is 4.92. The van der Waals surface area contributed by atoms with Gasteiger partial charge in [0.1, 0.15) is 11.5 Å². The number of anilines is 2. The van der Waals surface area contributed by atoms with Crippen molar-refractivity contribution in [3.05, 3.63) is 62.7 Å². The number of halogens is 2. The average molecular weight is 561 g/mol. The van der Waals surface area contributed by atoms with Gasteiger partial charge in [-0.05, 0) is 37.1 Å². The van der Waals surface area contributed by atoms with Gasteiger partial charge < -0.3 is 25.1 Å². The fraction of sp³-hybridized carbons (Fsp3) is 0.360. The van der Waals surface area contributed by atoms with Crippen molar-refractivity contribution in [1.29, 1.82) is 0 Å². The molecule has 194 valence electrons. The second kappa shape index (κ2) is 11.1. The molecule has 12 heteroatoms. The number of carbonyl (C=O) groups is 2. The van der Waals surface area contributed by atoms with E-state index in [9.17, 15) is 14.7 Å². The fourth-order valence-electron chi connectivity index (χ4n) is 4.60. The minimum Gasteiger partial charge on any atom is -0.505 e. The Kier molecular flexibility index (Phi) is 7.68. The molecule has 0 unspecified atom stereocenters. The van der Waals surface area contributed by atoms with Crippen molar-refractivity contribution in [3.63, 3.8) is 0 Å². The summed E-state index contributed by atoms with van der Waals surface area (Å²) in [5, 5.41) is 15.1. The number of thiazole rings is 1. The van der Waals surface area contributed by atoms with Crippen LogP contribution in [0.4, 0.5) is 16.3 Å². The number of aromatic hydroxyl groups is 1. The summed E-state index contributed by atoms with van der Waals surface area (Å²) in [6, 6.07) is 8.82. The standard InChI is InChI=1S/C25H26Cl2N6O3S/c26-18-13-17(14-19(27)22(18)34)29-23(35)20-15-37-24(30-20)16-4-7-32(8-5-16)25(36)33-11-9-31(10-12-33)21-3-1-2-6-28-21/h1-3,6,13-16,34H,4-5,7-12H2,(H,29,35). The maximum absolute atomic E-state index is 13.1. The van der Waals surface area contributed by atoms with Gasteiger partial charge in [-0.2, -0.15) is 0 Å². The van der Waals surface area contributed by atoms with Crippen LogP contribution in [0.25, 0.3) is 0 Å². The minimum absolute atomic E-state index is 0.0538. The summed E-state index contributed by atoms with van der Waals surface area (Å²) in [5.41, 5.74) is 0.685. The van der Waals surface area contributed by atoms with Gasteiger partial charge in [0.05, 0.1) is 15.1 Å². The van der Waals surface area contributed by atoms with Gasteiger partial charge >= 0.3 is 6.03 Å². The number of piperidine rings is 1. The SMILES string of the molecule is O=C(Nc1cc(Cl)c(O)c(Cl)c1)c1csc(C2CCN(C(=O)N3CCN(c4ccccn4)CC3)CC2)n1. The van der Waals surface area contributed by atoms with Crippen LogP contribution in [-0.2, 0) is 0 Å². The van der Waals surface area contributed by atoms with Crippen molar-refractivity contribution < 1.29 is 14.7 Å². The van der Waals surface area contributed by atoms with Crippen LogP contribution >= 0.6 is 34.5 Å². The van der Waals surface area contributed by atoms with E-state index in [1.165, 1.54) is 23.5 Å². The highest BCUT2D eigenvalue weighted by atomic mass is 35.5. The predicted molar refractivity (Wildman–Crippen MR) is 145 cm³/mol. The van der Waals surface area contributed by atoms with Crippen LogP contribution in [0.3, 0.4) is 0 Å². The minimum atomic E-state index is -0.377. The number of carbonyl (C=O) groups excluding carboxylic acids is 2. The van der Waals surface area contributed by atoms with E-state index in [-0.39, 0.29) is 33.7 Å². The molecule has 3 aromatic rings. The van der Waals surface area contributed by atoms with E-state index in [1.54, 1.807) is 11.6 Å². The molecule has 2 aromatic heterocycles. The highest BCUT2D eigenvalue weighted by molar-refractivity contribution is 7.10. The first-order chi connectivity index (χ1) is 17.9. The number of hydrogen-bond acceptors (Lipinski definition) is 7. The molecule has 0 saturated carbocycles. The number of amides is 3. The monoisotopic (exact) mass is 560 g/mol. The van der Waals surface area contributed by atoms with Crippen LogP contribution < -0.4 is 10.2 Å². The molecule has 3 amide bonds. The summed E-state index contributed by atoms with van der Waals surface area (Å²) in [7, 11) is 0. The molecule has 1 aromatic carbocycles. The molecule has 2 fully saturated rings. The van der Waals surface area contributed by atoms with Crippen molar-refractivity contribution >= 4 is 58.0 Å². The van der Waals surface area contributed by atoms with Gasteiger partial charge in [-0.1, -0.05) is 29.3 Å². The number of nitrogens with one attached hydrogen (secondary N) is 1. The van der Waals surface area contributed by atoms with E-state index in [4.69, 9.17) is 23.2 Å². The van der Waals surface area contributed by atoms with Crippen LogP contribution in [0.1, 0.15) is 34.3 Å². The van der Waals surface area contributed by atoms with Gasteiger partial charge in [0.15, 0.2) is 5.75 Å². The second-order valence-corrected chi connectivity index (χ2v) is 10.7. The van der Waals surface area contributed by atoms with Gasteiger partial charge in [-0.25, -0.2) is 14.8 Å². The summed E-state index contributed by atoms with van der Waals surface area (Å²) >= 11 is 13.3. The van der Waals surface area contributed by atoms with E-state index in [0.717, 1.165) is 36.8 Å². The maximum atomic E-state index is 13.1. The van der Waals surface area contributed by atoms with E-state index in [2.05, 4.69) is 20.2 Å². The summed E-state index contributed by atoms with van der Waals surface area (Å²) < 4.78 is 0. The molecular formula is C25H26Cl2N6O3S. The highest BCUT2D eigenvalue weighted by Crippen LogP contribution is 2.35. The Bertz CT molecular complexity index is 1250. The maximum Gasteiger partial charge on any atom is 0.320 e. The van der Waals surface area contributed by atoms with Gasteiger partial charge in [0.2, 0.25) is 0 Å². The molecule has 0 atom stereocenters. The Labute approximate surface area is 228 Å². The Morgan fingerprint density at radius 1 is 1.00 bits per heavy atom. The Morgan fingerprint density at radius 2 is 1.68 bits per heavy atom. The molecule has 0 spiro atoms. The Hall–Kier alpha value is -3.08. The summed E-state index contributed by atoms with van der Waals surface area (Å²) in [6.07, 6.45) is 3.39. The number of piperazine rings is 1. The molecule has 2 saturated heterocycles. The van der Waals surface area contributed by atoms with Crippen LogP contribution in [-0.4, -0.2) is 76.1 Å². The lowest BCUT2D eigenvalue weighted by Crippen LogP contribution is -2.54. The number of pyridine rings is 1. The Balaban J connectivity index is 1.12. The number of benzene rings is 1. The highest BCUT2D eigenvalue weighted by Gasteiger charge is 2.30. The summed E-state index contributed by atoms with van der Waals surface area (Å²) in [5.74, 6) is 0.545. The molecule has 2 N–H and O–H groups in total. The number of aromatic nitrogens is 2. The molecule has 0 bridgehead atoms. The van der Waals surface area contributed by atoms with Crippen LogP contribution in [0.2, 0.25) is 10.0 Å². The molecule has 0 radical (unpaired) electrons. The van der Waals surface area contributed by atoms with Crippen LogP contribution in [0, 0.1) is 0 Å². The quantitative estimate of drug-likeness (QED) is 0.439. The number of urea groups is 1. The lowest BCUT2D eigenvalue weighted by Gasteiger charge is -2.39. The topological polar surface area (TPSA) is 102 Å². The van der Waals surface area contributed by atoms with Gasteiger partial charge in [-0.15, -0.1) is 11.3 Å². The lowest BCUT2D eigenvalue weighted by atomic mass is 9.98. The van der Waals surface area contributed by atoms with Crippen molar-refractivity contribution in [1.82, 2.24) is 19.8 Å². The second-order valence-electron chi connectivity index (χ2n) is 9.02. The molecule has 37 heavy (non-hydrogen) atoms. The number of hydrogen-bond donors (Lipinski definition) is 2. The third-order valence-electron chi connectivity index (χ3n) is 6.67. The third kappa shape index (κ3) is 5.76. The van der Waals surface area contributed by atoms with Crippen LogP contribution in [0.5, 0.6) is 5.75 Å².